The summed E-state index contributed by atoms with van der Waals surface area (Å²) in [6.45, 7) is 3.45. The van der Waals surface area contributed by atoms with Crippen molar-refractivity contribution in [3.8, 4) is 0 Å². The highest BCUT2D eigenvalue weighted by atomic mass is 19.4. The zero-order valence-electron chi connectivity index (χ0n) is 13.4. The van der Waals surface area contributed by atoms with E-state index in [0.29, 0.717) is 12.4 Å². The molecule has 2 rings (SSSR count). The Labute approximate surface area is 131 Å². The molecule has 0 heterocycles. The standard InChI is InChI=1S/C16H28F3N3/c1-2-20-15(21-10-4-5-12-8-9-12)22-14-7-3-6-13(11-14)16(17,18)19/h12-14H,2-11H2,1H3,(H2,20,21,22). The van der Waals surface area contributed by atoms with E-state index in [1.165, 1.54) is 19.3 Å². The molecule has 2 aliphatic rings. The van der Waals surface area contributed by atoms with Gasteiger partial charge in [0.05, 0.1) is 5.92 Å². The molecule has 2 fully saturated rings. The molecular weight excluding hydrogens is 291 g/mol. The van der Waals surface area contributed by atoms with Gasteiger partial charge in [-0.1, -0.05) is 19.3 Å². The lowest BCUT2D eigenvalue weighted by Crippen LogP contribution is -2.46. The van der Waals surface area contributed by atoms with Gasteiger partial charge in [0.2, 0.25) is 0 Å². The molecule has 2 saturated carbocycles. The van der Waals surface area contributed by atoms with Gasteiger partial charge in [0.1, 0.15) is 0 Å². The topological polar surface area (TPSA) is 36.4 Å². The van der Waals surface area contributed by atoms with E-state index in [0.717, 1.165) is 31.8 Å². The maximum absolute atomic E-state index is 12.9. The molecule has 0 saturated heterocycles. The minimum atomic E-state index is -4.07. The number of hydrogen-bond donors (Lipinski definition) is 2. The Morgan fingerprint density at radius 1 is 1.18 bits per heavy atom. The third-order valence-electron chi connectivity index (χ3n) is 4.56. The van der Waals surface area contributed by atoms with E-state index in [1.807, 2.05) is 6.92 Å². The summed E-state index contributed by atoms with van der Waals surface area (Å²) in [7, 11) is 0. The molecule has 0 aliphatic heterocycles. The van der Waals surface area contributed by atoms with Crippen molar-refractivity contribution in [2.75, 3.05) is 13.1 Å². The van der Waals surface area contributed by atoms with E-state index >= 15 is 0 Å². The van der Waals surface area contributed by atoms with Crippen molar-refractivity contribution in [3.63, 3.8) is 0 Å². The van der Waals surface area contributed by atoms with Gasteiger partial charge in [-0.15, -0.1) is 0 Å². The van der Waals surface area contributed by atoms with Gasteiger partial charge >= 0.3 is 6.18 Å². The largest absolute Gasteiger partial charge is 0.391 e. The second-order valence-corrected chi connectivity index (χ2v) is 6.59. The summed E-state index contributed by atoms with van der Waals surface area (Å²) < 4.78 is 38.6. The SMILES string of the molecule is CCNC(=NCCCC1CC1)NC1CCCC(C(F)(F)F)C1. The summed E-state index contributed by atoms with van der Waals surface area (Å²) in [6, 6.07) is -0.124. The predicted octanol–water partition coefficient (Wildman–Crippen LogP) is 3.85. The van der Waals surface area contributed by atoms with Crippen molar-refractivity contribution in [1.82, 2.24) is 10.6 Å². The Morgan fingerprint density at radius 2 is 1.95 bits per heavy atom. The molecule has 0 bridgehead atoms. The Morgan fingerprint density at radius 3 is 2.59 bits per heavy atom. The molecule has 3 nitrogen and oxygen atoms in total. The van der Waals surface area contributed by atoms with Crippen LogP contribution >= 0.6 is 0 Å². The van der Waals surface area contributed by atoms with E-state index < -0.39 is 12.1 Å². The number of rotatable bonds is 6. The normalized spacial score (nSPS) is 26.8. The van der Waals surface area contributed by atoms with Crippen LogP contribution in [0.2, 0.25) is 0 Å². The van der Waals surface area contributed by atoms with Gasteiger partial charge in [0.15, 0.2) is 5.96 Å². The fraction of sp³-hybridized carbons (Fsp3) is 0.938. The quantitative estimate of drug-likeness (QED) is 0.443. The van der Waals surface area contributed by atoms with Gasteiger partial charge in [-0.2, -0.15) is 13.2 Å². The number of alkyl halides is 3. The molecule has 22 heavy (non-hydrogen) atoms. The van der Waals surface area contributed by atoms with Crippen LogP contribution in [0.5, 0.6) is 0 Å². The van der Waals surface area contributed by atoms with Crippen molar-refractivity contribution in [2.45, 2.75) is 70.5 Å². The third-order valence-corrected chi connectivity index (χ3v) is 4.56. The average molecular weight is 319 g/mol. The number of aliphatic imine (C=N–C) groups is 1. The first-order valence-corrected chi connectivity index (χ1v) is 8.60. The molecule has 2 atom stereocenters. The molecule has 2 unspecified atom stereocenters. The Hall–Kier alpha value is -0.940. The lowest BCUT2D eigenvalue weighted by molar-refractivity contribution is -0.183. The van der Waals surface area contributed by atoms with Gasteiger partial charge in [0.25, 0.3) is 0 Å². The van der Waals surface area contributed by atoms with E-state index in [2.05, 4.69) is 15.6 Å². The van der Waals surface area contributed by atoms with Crippen LogP contribution in [0.15, 0.2) is 4.99 Å². The first-order chi connectivity index (χ1) is 10.5. The summed E-state index contributed by atoms with van der Waals surface area (Å²) >= 11 is 0. The molecule has 2 aliphatic carbocycles. The van der Waals surface area contributed by atoms with E-state index in [4.69, 9.17) is 0 Å². The van der Waals surface area contributed by atoms with Gasteiger partial charge < -0.3 is 10.6 Å². The van der Waals surface area contributed by atoms with Crippen LogP contribution in [-0.4, -0.2) is 31.3 Å². The fourth-order valence-electron chi connectivity index (χ4n) is 3.11. The third kappa shape index (κ3) is 6.05. The average Bonchev–Trinajstić information content (AvgIpc) is 3.27. The Bertz CT molecular complexity index is 364. The van der Waals surface area contributed by atoms with Crippen molar-refractivity contribution in [2.24, 2.45) is 16.8 Å². The van der Waals surface area contributed by atoms with Crippen molar-refractivity contribution < 1.29 is 13.2 Å². The predicted molar refractivity (Wildman–Crippen MR) is 82.9 cm³/mol. The minimum absolute atomic E-state index is 0.124. The Kier molecular flexibility index (Phi) is 6.38. The van der Waals surface area contributed by atoms with Crippen LogP contribution in [0, 0.1) is 11.8 Å². The molecule has 2 N–H and O–H groups in total. The molecular formula is C16H28F3N3. The summed E-state index contributed by atoms with van der Waals surface area (Å²) in [5.74, 6) is 0.402. The number of guanidine groups is 1. The zero-order chi connectivity index (χ0) is 16.0. The minimum Gasteiger partial charge on any atom is -0.357 e. The number of nitrogens with one attached hydrogen (secondary N) is 2. The van der Waals surface area contributed by atoms with Crippen LogP contribution in [0.3, 0.4) is 0 Å². The smallest absolute Gasteiger partial charge is 0.357 e. The fourth-order valence-corrected chi connectivity index (χ4v) is 3.11. The molecule has 6 heteroatoms. The van der Waals surface area contributed by atoms with Gasteiger partial charge in [-0.3, -0.25) is 4.99 Å². The molecule has 0 aromatic rings. The first kappa shape index (κ1) is 17.4. The van der Waals surface area contributed by atoms with Crippen LogP contribution in [0.1, 0.15) is 58.3 Å². The molecule has 0 radical (unpaired) electrons. The van der Waals surface area contributed by atoms with E-state index in [-0.39, 0.29) is 18.9 Å². The first-order valence-electron chi connectivity index (χ1n) is 8.60. The van der Waals surface area contributed by atoms with E-state index in [9.17, 15) is 13.2 Å². The van der Waals surface area contributed by atoms with Crippen LogP contribution in [0.25, 0.3) is 0 Å². The highest BCUT2D eigenvalue weighted by Crippen LogP contribution is 2.37. The van der Waals surface area contributed by atoms with Crippen LogP contribution in [0.4, 0.5) is 13.2 Å². The summed E-state index contributed by atoms with van der Waals surface area (Å²) in [5.41, 5.74) is 0. The van der Waals surface area contributed by atoms with Gasteiger partial charge in [-0.25, -0.2) is 0 Å². The number of halogens is 3. The molecule has 0 aromatic carbocycles. The van der Waals surface area contributed by atoms with Crippen molar-refractivity contribution >= 4 is 5.96 Å². The lowest BCUT2D eigenvalue weighted by Gasteiger charge is -2.31. The second-order valence-electron chi connectivity index (χ2n) is 6.59. The number of nitrogens with zero attached hydrogens (tertiary/aromatic N) is 1. The zero-order valence-corrected chi connectivity index (χ0v) is 13.4. The van der Waals surface area contributed by atoms with Crippen LogP contribution < -0.4 is 10.6 Å². The van der Waals surface area contributed by atoms with Crippen molar-refractivity contribution in [3.05, 3.63) is 0 Å². The highest BCUT2D eigenvalue weighted by molar-refractivity contribution is 5.80. The summed E-state index contributed by atoms with van der Waals surface area (Å²) in [4.78, 5) is 4.51. The maximum atomic E-state index is 12.9. The van der Waals surface area contributed by atoms with Crippen molar-refractivity contribution in [1.29, 1.82) is 0 Å². The molecule has 0 aromatic heterocycles. The second kappa shape index (κ2) is 8.06. The molecule has 0 spiro atoms. The monoisotopic (exact) mass is 319 g/mol. The maximum Gasteiger partial charge on any atom is 0.391 e. The molecule has 0 amide bonds. The van der Waals surface area contributed by atoms with Crippen LogP contribution in [-0.2, 0) is 0 Å². The highest BCUT2D eigenvalue weighted by Gasteiger charge is 2.42. The lowest BCUT2D eigenvalue weighted by atomic mass is 9.85. The van der Waals surface area contributed by atoms with E-state index in [1.54, 1.807) is 0 Å². The summed E-state index contributed by atoms with van der Waals surface area (Å²) in [5, 5.41) is 6.35. The summed E-state index contributed by atoms with van der Waals surface area (Å²) in [6.07, 6.45) is 2.76. The van der Waals surface area contributed by atoms with Gasteiger partial charge in [-0.05, 0) is 44.9 Å². The van der Waals surface area contributed by atoms with Gasteiger partial charge in [0, 0.05) is 19.1 Å². The number of hydrogen-bond acceptors (Lipinski definition) is 1. The molecule has 128 valence electrons. The Balaban J connectivity index is 1.79.